The third kappa shape index (κ3) is 5.40. The number of benzene rings is 3. The summed E-state index contributed by atoms with van der Waals surface area (Å²) in [6.45, 7) is 0. The minimum absolute atomic E-state index is 0.0177. The number of rotatable bonds is 7. The van der Waals surface area contributed by atoms with Crippen molar-refractivity contribution in [3.8, 4) is 16.9 Å². The van der Waals surface area contributed by atoms with Crippen molar-refractivity contribution >= 4 is 23.5 Å². The predicted molar refractivity (Wildman–Crippen MR) is 141 cm³/mol. The van der Waals surface area contributed by atoms with Gasteiger partial charge in [-0.2, -0.15) is 13.2 Å². The van der Waals surface area contributed by atoms with Gasteiger partial charge in [-0.05, 0) is 78.8 Å². The monoisotopic (exact) mass is 588 g/mol. The summed E-state index contributed by atoms with van der Waals surface area (Å²) in [5.41, 5.74) is -1.67. The van der Waals surface area contributed by atoms with Gasteiger partial charge >= 0.3 is 12.1 Å². The van der Waals surface area contributed by atoms with E-state index in [2.05, 4.69) is 10.6 Å². The highest BCUT2D eigenvalue weighted by Crippen LogP contribution is 2.52. The van der Waals surface area contributed by atoms with Crippen molar-refractivity contribution in [2.75, 3.05) is 12.4 Å². The second kappa shape index (κ2) is 11.1. The van der Waals surface area contributed by atoms with Crippen LogP contribution in [0.15, 0.2) is 54.6 Å². The molecule has 7 nitrogen and oxygen atoms in total. The number of aromatic carboxylic acids is 1. The zero-order valence-electron chi connectivity index (χ0n) is 22.1. The minimum Gasteiger partial charge on any atom is -0.496 e. The number of ether oxygens (including phenoxy) is 1. The number of carbonyl (C=O) groups excluding carboxylic acids is 2. The van der Waals surface area contributed by atoms with E-state index < -0.39 is 53.1 Å². The fourth-order valence-electron chi connectivity index (χ4n) is 6.06. The van der Waals surface area contributed by atoms with Crippen LogP contribution in [0.5, 0.6) is 5.75 Å². The Hall–Kier alpha value is -4.48. The third-order valence-corrected chi connectivity index (χ3v) is 8.04. The van der Waals surface area contributed by atoms with Crippen LogP contribution >= 0.6 is 0 Å². The average Bonchev–Trinajstić information content (AvgIpc) is 3.35. The van der Waals surface area contributed by atoms with Gasteiger partial charge in [-0.1, -0.05) is 12.5 Å². The van der Waals surface area contributed by atoms with Crippen molar-refractivity contribution in [3.63, 3.8) is 0 Å². The number of carboxylic acids is 1. The van der Waals surface area contributed by atoms with Crippen molar-refractivity contribution < 1.29 is 46.2 Å². The molecule has 5 rings (SSSR count). The molecule has 2 amide bonds. The maximum Gasteiger partial charge on any atom is 0.419 e. The van der Waals surface area contributed by atoms with E-state index >= 15 is 0 Å². The van der Waals surface area contributed by atoms with Crippen LogP contribution in [0, 0.1) is 29.4 Å². The molecule has 42 heavy (non-hydrogen) atoms. The third-order valence-electron chi connectivity index (χ3n) is 8.04. The fraction of sp³-hybridized carbons (Fsp3) is 0.300. The van der Waals surface area contributed by atoms with Crippen LogP contribution in [0.1, 0.15) is 45.5 Å². The van der Waals surface area contributed by atoms with Crippen LogP contribution in [-0.4, -0.2) is 36.0 Å². The first kappa shape index (κ1) is 29.0. The average molecular weight is 589 g/mol. The zero-order valence-corrected chi connectivity index (χ0v) is 22.1. The van der Waals surface area contributed by atoms with Gasteiger partial charge in [0.2, 0.25) is 5.91 Å². The van der Waals surface area contributed by atoms with E-state index in [1.165, 1.54) is 25.3 Å². The normalized spacial score (nSPS) is 21.2. The molecule has 0 heterocycles. The lowest BCUT2D eigenvalue weighted by molar-refractivity contribution is -0.140. The summed E-state index contributed by atoms with van der Waals surface area (Å²) >= 11 is 0. The Bertz CT molecular complexity index is 1570. The molecule has 0 unspecified atom stereocenters. The molecule has 0 saturated heterocycles. The number of alkyl halides is 3. The summed E-state index contributed by atoms with van der Waals surface area (Å²) in [6.07, 6.45) is -2.71. The quantitative estimate of drug-likeness (QED) is 0.288. The molecule has 0 bridgehead atoms. The van der Waals surface area contributed by atoms with Crippen LogP contribution in [0.25, 0.3) is 11.1 Å². The van der Waals surface area contributed by atoms with Crippen molar-refractivity contribution in [1.82, 2.24) is 5.32 Å². The molecule has 3 aromatic carbocycles. The SMILES string of the molecule is COc1ccc(-c2cc(C(=O)O)ccc2F)cc1C(=O)N[C@H]1[C@@H]2CCC[C@@H]2[C@H]1C(=O)Nc1ccc(F)c(C(F)(F)F)c1. The Labute approximate surface area is 236 Å². The fourth-order valence-corrected chi connectivity index (χ4v) is 6.06. The second-order valence-corrected chi connectivity index (χ2v) is 10.4. The number of anilines is 1. The topological polar surface area (TPSA) is 105 Å². The first-order chi connectivity index (χ1) is 19.9. The molecule has 3 aromatic rings. The van der Waals surface area contributed by atoms with Gasteiger partial charge in [-0.15, -0.1) is 0 Å². The van der Waals surface area contributed by atoms with E-state index in [1.807, 2.05) is 0 Å². The van der Waals surface area contributed by atoms with Crippen molar-refractivity contribution in [3.05, 3.63) is 82.9 Å². The Balaban J connectivity index is 1.40. The minimum atomic E-state index is -4.94. The number of carbonyl (C=O) groups is 3. The van der Waals surface area contributed by atoms with Gasteiger partial charge in [0.1, 0.15) is 17.4 Å². The lowest BCUT2D eigenvalue weighted by Gasteiger charge is -2.48. The molecule has 220 valence electrons. The molecule has 0 radical (unpaired) electrons. The van der Waals surface area contributed by atoms with E-state index in [0.717, 1.165) is 37.1 Å². The number of carboxylic acid groups (broad SMARTS) is 1. The summed E-state index contributed by atoms with van der Waals surface area (Å²) in [5.74, 6) is -5.37. The van der Waals surface area contributed by atoms with Crippen molar-refractivity contribution in [2.24, 2.45) is 17.8 Å². The van der Waals surface area contributed by atoms with Crippen LogP contribution in [0.4, 0.5) is 27.6 Å². The van der Waals surface area contributed by atoms with Crippen LogP contribution in [-0.2, 0) is 11.0 Å². The highest BCUT2D eigenvalue weighted by Gasteiger charge is 2.56. The number of fused-ring (bicyclic) bond motifs is 1. The van der Waals surface area contributed by atoms with E-state index in [0.29, 0.717) is 18.6 Å². The summed E-state index contributed by atoms with van der Waals surface area (Å²) in [4.78, 5) is 38.1. The molecule has 2 saturated carbocycles. The van der Waals surface area contributed by atoms with Crippen molar-refractivity contribution in [1.29, 1.82) is 0 Å². The lowest BCUT2D eigenvalue weighted by Crippen LogP contribution is -2.61. The number of nitrogens with one attached hydrogen (secondary N) is 2. The second-order valence-electron chi connectivity index (χ2n) is 10.4. The predicted octanol–water partition coefficient (Wildman–Crippen LogP) is 6.14. The molecular weight excluding hydrogens is 563 g/mol. The smallest absolute Gasteiger partial charge is 0.419 e. The maximum absolute atomic E-state index is 14.6. The van der Waals surface area contributed by atoms with E-state index in [4.69, 9.17) is 4.74 Å². The Kier molecular flexibility index (Phi) is 7.65. The maximum atomic E-state index is 14.6. The van der Waals surface area contributed by atoms with Gasteiger partial charge in [0.05, 0.1) is 29.7 Å². The Morgan fingerprint density at radius 1 is 0.929 bits per heavy atom. The number of amides is 2. The largest absolute Gasteiger partial charge is 0.496 e. The van der Waals surface area contributed by atoms with Gasteiger partial charge in [0.25, 0.3) is 5.91 Å². The molecule has 4 atom stereocenters. The lowest BCUT2D eigenvalue weighted by atomic mass is 9.61. The first-order valence-corrected chi connectivity index (χ1v) is 13.1. The van der Waals surface area contributed by atoms with E-state index in [-0.39, 0.29) is 45.5 Å². The van der Waals surface area contributed by atoms with Crippen LogP contribution < -0.4 is 15.4 Å². The summed E-state index contributed by atoms with van der Waals surface area (Å²) in [5, 5.41) is 14.6. The van der Waals surface area contributed by atoms with Gasteiger partial charge in [0, 0.05) is 17.3 Å². The van der Waals surface area contributed by atoms with E-state index in [9.17, 15) is 41.4 Å². The highest BCUT2D eigenvalue weighted by atomic mass is 19.4. The zero-order chi connectivity index (χ0) is 30.3. The Morgan fingerprint density at radius 3 is 2.33 bits per heavy atom. The Morgan fingerprint density at radius 2 is 1.64 bits per heavy atom. The van der Waals surface area contributed by atoms with Gasteiger partial charge in [-0.25, -0.2) is 13.6 Å². The number of halogens is 5. The van der Waals surface area contributed by atoms with Gasteiger partial charge in [-0.3, -0.25) is 9.59 Å². The van der Waals surface area contributed by atoms with Crippen LogP contribution in [0.3, 0.4) is 0 Å². The number of hydrogen-bond donors (Lipinski definition) is 3. The summed E-state index contributed by atoms with van der Waals surface area (Å²) in [7, 11) is 1.34. The van der Waals surface area contributed by atoms with Gasteiger partial charge < -0.3 is 20.5 Å². The van der Waals surface area contributed by atoms with Crippen molar-refractivity contribution in [2.45, 2.75) is 31.5 Å². The highest BCUT2D eigenvalue weighted by molar-refractivity contribution is 6.00. The first-order valence-electron chi connectivity index (χ1n) is 13.1. The molecular formula is C30H25F5N2O5. The molecule has 3 N–H and O–H groups in total. The van der Waals surface area contributed by atoms with E-state index in [1.54, 1.807) is 0 Å². The molecule has 0 aliphatic heterocycles. The van der Waals surface area contributed by atoms with Gasteiger partial charge in [0.15, 0.2) is 0 Å². The summed E-state index contributed by atoms with van der Waals surface area (Å²) in [6, 6.07) is 9.10. The summed E-state index contributed by atoms with van der Waals surface area (Å²) < 4.78 is 73.2. The molecule has 2 aliphatic carbocycles. The standard InChI is InChI=1S/C30H25F5N2O5/c1-42-24-10-6-14(19-12-15(29(40)41)5-8-22(19)31)11-20(24)27(38)37-26-18-4-2-3-17(18)25(26)28(39)36-16-7-9-23(32)21(13-16)30(33,34)35/h5-13,17-18,25-26H,2-4H2,1H3,(H,36,39)(H,37,38)(H,40,41)/t17-,18+,25+,26-/m0/s1. The number of hydrogen-bond acceptors (Lipinski definition) is 4. The molecule has 0 aromatic heterocycles. The molecule has 0 spiro atoms. The molecule has 2 fully saturated rings. The molecule has 12 heteroatoms. The molecule has 2 aliphatic rings. The van der Waals surface area contributed by atoms with Crippen LogP contribution in [0.2, 0.25) is 0 Å². The number of methoxy groups -OCH3 is 1.